The van der Waals surface area contributed by atoms with E-state index in [0.717, 1.165) is 35.2 Å². The Morgan fingerprint density at radius 2 is 2.12 bits per heavy atom. The van der Waals surface area contributed by atoms with Gasteiger partial charge in [-0.2, -0.15) is 5.10 Å². The molecule has 166 valence electrons. The number of rotatable bonds is 7. The zero-order valence-electron chi connectivity index (χ0n) is 17.7. The second-order valence-electron chi connectivity index (χ2n) is 7.51. The normalized spacial score (nSPS) is 11.1. The van der Waals surface area contributed by atoms with Crippen molar-refractivity contribution in [2.45, 2.75) is 20.0 Å². The van der Waals surface area contributed by atoms with Gasteiger partial charge in [0.05, 0.1) is 35.3 Å². The number of amides is 1. The molecule has 0 saturated carbocycles. The highest BCUT2D eigenvalue weighted by Crippen LogP contribution is 2.28. The maximum absolute atomic E-state index is 12.7. The molecule has 8 nitrogen and oxygen atoms in total. The minimum Gasteiger partial charge on any atom is -0.336 e. The Morgan fingerprint density at radius 3 is 2.94 bits per heavy atom. The van der Waals surface area contributed by atoms with Crippen LogP contribution in [-0.4, -0.2) is 30.2 Å². The standard InChI is InChI=1S/C23H20ClN7OS/c1-15-3-2-4-18(24)21(15)28-22(32)20-12-26-23(33-20)27-17-6-5-16-13-31(29-19(16)11-17)10-9-30-8-7-25-14-30/h2-8,11-14H,9-10H2,1H3,(H,26,27)(H,28,32). The van der Waals surface area contributed by atoms with Crippen LogP contribution < -0.4 is 10.6 Å². The first-order valence-electron chi connectivity index (χ1n) is 10.3. The van der Waals surface area contributed by atoms with Gasteiger partial charge in [0.15, 0.2) is 5.13 Å². The topological polar surface area (TPSA) is 89.7 Å². The van der Waals surface area contributed by atoms with E-state index in [1.807, 2.05) is 58.9 Å². The van der Waals surface area contributed by atoms with Crippen LogP contribution in [0.5, 0.6) is 0 Å². The van der Waals surface area contributed by atoms with Crippen LogP contribution in [0.1, 0.15) is 15.2 Å². The van der Waals surface area contributed by atoms with Gasteiger partial charge in [0, 0.05) is 36.2 Å². The molecule has 0 saturated heterocycles. The fraction of sp³-hybridized carbons (Fsp3) is 0.130. The van der Waals surface area contributed by atoms with Gasteiger partial charge in [-0.05, 0) is 36.8 Å². The third-order valence-electron chi connectivity index (χ3n) is 5.14. The van der Waals surface area contributed by atoms with Crippen molar-refractivity contribution in [2.75, 3.05) is 10.6 Å². The highest BCUT2D eigenvalue weighted by atomic mass is 35.5. The van der Waals surface area contributed by atoms with E-state index in [2.05, 4.69) is 25.7 Å². The summed E-state index contributed by atoms with van der Waals surface area (Å²) in [5, 5.41) is 13.0. The minimum absolute atomic E-state index is 0.246. The number of carbonyl (C=O) groups excluding carboxylic acids is 1. The summed E-state index contributed by atoms with van der Waals surface area (Å²) in [6, 6.07) is 11.5. The average Bonchev–Trinajstić information content (AvgIpc) is 3.55. The second kappa shape index (κ2) is 9.05. The van der Waals surface area contributed by atoms with Crippen LogP contribution in [0.3, 0.4) is 0 Å². The highest BCUT2D eigenvalue weighted by Gasteiger charge is 2.14. The fourth-order valence-corrected chi connectivity index (χ4v) is 4.42. The van der Waals surface area contributed by atoms with Gasteiger partial charge in [-0.15, -0.1) is 0 Å². The van der Waals surface area contributed by atoms with Gasteiger partial charge < -0.3 is 15.2 Å². The molecular formula is C23H20ClN7OS. The number of benzene rings is 2. The van der Waals surface area contributed by atoms with E-state index in [1.165, 1.54) is 11.3 Å². The van der Waals surface area contributed by atoms with Crippen molar-refractivity contribution in [3.05, 3.63) is 83.0 Å². The van der Waals surface area contributed by atoms with Crippen molar-refractivity contribution in [1.29, 1.82) is 0 Å². The zero-order chi connectivity index (χ0) is 22.8. The third-order valence-corrected chi connectivity index (χ3v) is 6.37. The molecule has 10 heteroatoms. The van der Waals surface area contributed by atoms with E-state index >= 15 is 0 Å². The first kappa shape index (κ1) is 21.2. The lowest BCUT2D eigenvalue weighted by Crippen LogP contribution is -2.11. The molecule has 3 aromatic heterocycles. The molecule has 0 aliphatic rings. The average molecular weight is 478 g/mol. The van der Waals surface area contributed by atoms with Crippen LogP contribution in [0.25, 0.3) is 10.9 Å². The molecule has 0 aliphatic carbocycles. The fourth-order valence-electron chi connectivity index (χ4n) is 3.42. The first-order valence-corrected chi connectivity index (χ1v) is 11.5. The number of para-hydroxylation sites is 1. The molecule has 0 atom stereocenters. The smallest absolute Gasteiger partial charge is 0.267 e. The van der Waals surface area contributed by atoms with E-state index in [0.29, 0.717) is 20.7 Å². The van der Waals surface area contributed by atoms with Gasteiger partial charge in [-0.25, -0.2) is 9.97 Å². The molecule has 0 spiro atoms. The van der Waals surface area contributed by atoms with E-state index in [9.17, 15) is 4.79 Å². The predicted molar refractivity (Wildman–Crippen MR) is 131 cm³/mol. The Hall–Kier alpha value is -3.69. The van der Waals surface area contributed by atoms with Gasteiger partial charge in [0.2, 0.25) is 0 Å². The number of carbonyl (C=O) groups is 1. The molecular weight excluding hydrogens is 458 g/mol. The monoisotopic (exact) mass is 477 g/mol. The zero-order valence-corrected chi connectivity index (χ0v) is 19.3. The number of halogens is 1. The molecule has 0 aliphatic heterocycles. The van der Waals surface area contributed by atoms with Gasteiger partial charge in [0.1, 0.15) is 4.88 Å². The third kappa shape index (κ3) is 4.74. The summed E-state index contributed by atoms with van der Waals surface area (Å²) in [6.07, 6.45) is 9.08. The van der Waals surface area contributed by atoms with E-state index in [-0.39, 0.29) is 5.91 Å². The lowest BCUT2D eigenvalue weighted by atomic mass is 10.2. The first-order chi connectivity index (χ1) is 16.0. The number of hydrogen-bond donors (Lipinski definition) is 2. The Bertz CT molecular complexity index is 1400. The Kier molecular flexibility index (Phi) is 5.80. The van der Waals surface area contributed by atoms with Gasteiger partial charge in [-0.1, -0.05) is 35.1 Å². The second-order valence-corrected chi connectivity index (χ2v) is 8.94. The minimum atomic E-state index is -0.246. The van der Waals surface area contributed by atoms with Crippen molar-refractivity contribution in [2.24, 2.45) is 0 Å². The molecule has 0 bridgehead atoms. The maximum atomic E-state index is 12.7. The summed E-state index contributed by atoms with van der Waals surface area (Å²) in [5.74, 6) is -0.246. The molecule has 2 aromatic carbocycles. The molecule has 5 aromatic rings. The summed E-state index contributed by atoms with van der Waals surface area (Å²) in [4.78, 5) is 21.6. The van der Waals surface area contributed by atoms with Crippen molar-refractivity contribution in [3.63, 3.8) is 0 Å². The van der Waals surface area contributed by atoms with Gasteiger partial charge in [0.25, 0.3) is 5.91 Å². The van der Waals surface area contributed by atoms with E-state index in [1.54, 1.807) is 24.8 Å². The summed E-state index contributed by atoms with van der Waals surface area (Å²) in [6.45, 7) is 3.46. The Morgan fingerprint density at radius 1 is 1.21 bits per heavy atom. The van der Waals surface area contributed by atoms with Crippen LogP contribution in [-0.2, 0) is 13.1 Å². The lowest BCUT2D eigenvalue weighted by Gasteiger charge is -2.08. The summed E-state index contributed by atoms with van der Waals surface area (Å²) in [7, 11) is 0. The maximum Gasteiger partial charge on any atom is 0.267 e. The molecule has 0 fully saturated rings. The number of aromatic nitrogens is 5. The van der Waals surface area contributed by atoms with Gasteiger partial charge >= 0.3 is 0 Å². The number of nitrogens with zero attached hydrogens (tertiary/aromatic N) is 5. The molecule has 0 radical (unpaired) electrons. The van der Waals surface area contributed by atoms with E-state index in [4.69, 9.17) is 11.6 Å². The number of nitrogens with one attached hydrogen (secondary N) is 2. The largest absolute Gasteiger partial charge is 0.336 e. The van der Waals surface area contributed by atoms with Gasteiger partial charge in [-0.3, -0.25) is 9.48 Å². The Labute approximate surface area is 198 Å². The summed E-state index contributed by atoms with van der Waals surface area (Å²) >= 11 is 7.49. The van der Waals surface area contributed by atoms with Crippen LogP contribution in [0.4, 0.5) is 16.5 Å². The van der Waals surface area contributed by atoms with Crippen LogP contribution >= 0.6 is 22.9 Å². The van der Waals surface area contributed by atoms with E-state index < -0.39 is 0 Å². The Balaban J connectivity index is 1.26. The number of fused-ring (bicyclic) bond motifs is 1. The number of imidazole rings is 1. The summed E-state index contributed by atoms with van der Waals surface area (Å²) in [5.41, 5.74) is 3.25. The number of thiazole rings is 1. The highest BCUT2D eigenvalue weighted by molar-refractivity contribution is 7.17. The SMILES string of the molecule is Cc1cccc(Cl)c1NC(=O)c1cnc(Nc2ccc3cn(CCn4ccnc4)nc3c2)s1. The molecule has 33 heavy (non-hydrogen) atoms. The van der Waals surface area contributed by atoms with Crippen molar-refractivity contribution in [1.82, 2.24) is 24.3 Å². The van der Waals surface area contributed by atoms with Crippen molar-refractivity contribution in [3.8, 4) is 0 Å². The molecule has 2 N–H and O–H groups in total. The van der Waals surface area contributed by atoms with Crippen LogP contribution in [0, 0.1) is 6.92 Å². The molecule has 1 amide bonds. The summed E-state index contributed by atoms with van der Waals surface area (Å²) < 4.78 is 3.94. The van der Waals surface area contributed by atoms with Crippen LogP contribution in [0.15, 0.2) is 67.5 Å². The van der Waals surface area contributed by atoms with Crippen LogP contribution in [0.2, 0.25) is 5.02 Å². The molecule has 0 unspecified atom stereocenters. The number of aryl methyl sites for hydroxylation is 3. The number of hydrogen-bond acceptors (Lipinski definition) is 6. The van der Waals surface area contributed by atoms with Crippen molar-refractivity contribution < 1.29 is 4.79 Å². The lowest BCUT2D eigenvalue weighted by molar-refractivity contribution is 0.103. The molecule has 5 rings (SSSR count). The quantitative estimate of drug-likeness (QED) is 0.330. The number of anilines is 3. The van der Waals surface area contributed by atoms with Crippen molar-refractivity contribution >= 4 is 56.3 Å². The predicted octanol–water partition coefficient (Wildman–Crippen LogP) is 5.35. The molecule has 3 heterocycles.